The molecule has 0 spiro atoms. The van der Waals surface area contributed by atoms with E-state index in [4.69, 9.17) is 0 Å². The molecule has 2 N–H and O–H groups in total. The van der Waals surface area contributed by atoms with Gasteiger partial charge in [0.15, 0.2) is 5.82 Å². The van der Waals surface area contributed by atoms with Gasteiger partial charge in [0, 0.05) is 25.9 Å². The van der Waals surface area contributed by atoms with Crippen LogP contribution < -0.4 is 4.72 Å². The predicted molar refractivity (Wildman–Crippen MR) is 90.4 cm³/mol. The van der Waals surface area contributed by atoms with Gasteiger partial charge in [0.1, 0.15) is 6.33 Å². The Morgan fingerprint density at radius 1 is 1.32 bits per heavy atom. The molecule has 0 aliphatic heterocycles. The Morgan fingerprint density at radius 2 is 2.12 bits per heavy atom. The third-order valence-electron chi connectivity index (χ3n) is 3.59. The van der Waals surface area contributed by atoms with Gasteiger partial charge in [-0.25, -0.2) is 18.1 Å². The zero-order chi connectivity index (χ0) is 18.0. The molecule has 25 heavy (non-hydrogen) atoms. The van der Waals surface area contributed by atoms with Gasteiger partial charge in [-0.3, -0.25) is 9.48 Å². The van der Waals surface area contributed by atoms with Crippen molar-refractivity contribution in [3.63, 3.8) is 0 Å². The maximum absolute atomic E-state index is 12.7. The highest BCUT2D eigenvalue weighted by Gasteiger charge is 2.23. The van der Waals surface area contributed by atoms with Gasteiger partial charge in [0.2, 0.25) is 0 Å². The molecule has 8 nitrogen and oxygen atoms in total. The molecule has 130 valence electrons. The lowest BCUT2D eigenvalue weighted by atomic mass is 10.1. The van der Waals surface area contributed by atoms with Gasteiger partial charge < -0.3 is 4.98 Å². The van der Waals surface area contributed by atoms with E-state index in [2.05, 4.69) is 19.8 Å². The number of nitrogens with zero attached hydrogens (tertiary/aromatic N) is 3. The van der Waals surface area contributed by atoms with Crippen molar-refractivity contribution in [2.45, 2.75) is 18.2 Å². The van der Waals surface area contributed by atoms with Crippen LogP contribution in [-0.2, 0) is 23.5 Å². The number of amides is 1. The SMILES string of the molecule is Cc1ccc(S(=O)(=O)NC(=O)c2cc[nH]c2)c(Cc2ncn(C)n2)c1. The average molecular weight is 359 g/mol. The second-order valence-electron chi connectivity index (χ2n) is 5.66. The smallest absolute Gasteiger partial charge is 0.266 e. The van der Waals surface area contributed by atoms with Crippen molar-refractivity contribution in [2.75, 3.05) is 0 Å². The van der Waals surface area contributed by atoms with Crippen LogP contribution in [0.3, 0.4) is 0 Å². The summed E-state index contributed by atoms with van der Waals surface area (Å²) in [5.41, 5.74) is 1.67. The molecule has 2 heterocycles. The molecule has 2 aromatic heterocycles. The number of benzene rings is 1. The molecular weight excluding hydrogens is 342 g/mol. The number of rotatable bonds is 5. The predicted octanol–water partition coefficient (Wildman–Crippen LogP) is 1.16. The van der Waals surface area contributed by atoms with E-state index in [-0.39, 0.29) is 16.9 Å². The summed E-state index contributed by atoms with van der Waals surface area (Å²) in [6.07, 6.45) is 4.77. The van der Waals surface area contributed by atoms with Crippen LogP contribution in [-0.4, -0.2) is 34.1 Å². The van der Waals surface area contributed by atoms with Gasteiger partial charge in [0.25, 0.3) is 15.9 Å². The van der Waals surface area contributed by atoms with Crippen molar-refractivity contribution >= 4 is 15.9 Å². The molecule has 0 unspecified atom stereocenters. The van der Waals surface area contributed by atoms with Gasteiger partial charge in [-0.1, -0.05) is 17.7 Å². The molecule has 0 radical (unpaired) electrons. The van der Waals surface area contributed by atoms with Gasteiger partial charge in [-0.15, -0.1) is 0 Å². The number of hydrogen-bond acceptors (Lipinski definition) is 5. The van der Waals surface area contributed by atoms with E-state index in [0.717, 1.165) is 5.56 Å². The minimum absolute atomic E-state index is 0.0365. The minimum atomic E-state index is -4.02. The number of sulfonamides is 1. The van der Waals surface area contributed by atoms with E-state index in [0.29, 0.717) is 11.4 Å². The molecule has 1 amide bonds. The van der Waals surface area contributed by atoms with E-state index in [9.17, 15) is 13.2 Å². The Labute approximate surface area is 145 Å². The van der Waals surface area contributed by atoms with Gasteiger partial charge in [-0.2, -0.15) is 5.10 Å². The van der Waals surface area contributed by atoms with Crippen LogP contribution in [0, 0.1) is 6.92 Å². The molecule has 0 saturated carbocycles. The average Bonchev–Trinajstić information content (AvgIpc) is 3.18. The van der Waals surface area contributed by atoms with Crippen LogP contribution in [0.15, 0.2) is 47.9 Å². The Morgan fingerprint density at radius 3 is 2.76 bits per heavy atom. The number of carbonyl (C=O) groups excluding carboxylic acids is 1. The van der Waals surface area contributed by atoms with E-state index < -0.39 is 15.9 Å². The number of hydrogen-bond donors (Lipinski definition) is 2. The third kappa shape index (κ3) is 3.77. The molecule has 0 aliphatic carbocycles. The molecule has 0 bridgehead atoms. The Balaban J connectivity index is 1.93. The monoisotopic (exact) mass is 359 g/mol. The fourth-order valence-electron chi connectivity index (χ4n) is 2.44. The van der Waals surface area contributed by atoms with Crippen molar-refractivity contribution in [2.24, 2.45) is 7.05 Å². The Hall–Kier alpha value is -2.94. The third-order valence-corrected chi connectivity index (χ3v) is 5.02. The molecule has 3 rings (SSSR count). The maximum Gasteiger partial charge on any atom is 0.266 e. The first-order chi connectivity index (χ1) is 11.8. The number of aryl methyl sites for hydroxylation is 2. The zero-order valence-electron chi connectivity index (χ0n) is 13.7. The minimum Gasteiger partial charge on any atom is -0.367 e. The largest absolute Gasteiger partial charge is 0.367 e. The molecule has 0 atom stereocenters. The van der Waals surface area contributed by atoms with Crippen molar-refractivity contribution < 1.29 is 13.2 Å². The van der Waals surface area contributed by atoms with Crippen LogP contribution in [0.5, 0.6) is 0 Å². The van der Waals surface area contributed by atoms with Crippen LogP contribution in [0.25, 0.3) is 0 Å². The second kappa shape index (κ2) is 6.52. The number of aromatic nitrogens is 4. The van der Waals surface area contributed by atoms with Gasteiger partial charge >= 0.3 is 0 Å². The van der Waals surface area contributed by atoms with Gasteiger partial charge in [0.05, 0.1) is 10.5 Å². The Bertz CT molecular complexity index is 1010. The number of nitrogens with one attached hydrogen (secondary N) is 2. The molecule has 3 aromatic rings. The summed E-state index contributed by atoms with van der Waals surface area (Å²) < 4.78 is 29.0. The first-order valence-corrected chi connectivity index (χ1v) is 8.97. The lowest BCUT2D eigenvalue weighted by Crippen LogP contribution is -2.31. The molecule has 0 saturated heterocycles. The summed E-state index contributed by atoms with van der Waals surface area (Å²) in [7, 11) is -2.28. The summed E-state index contributed by atoms with van der Waals surface area (Å²) in [4.78, 5) is 19.0. The van der Waals surface area contributed by atoms with Crippen LogP contribution in [0.1, 0.15) is 27.3 Å². The van der Waals surface area contributed by atoms with E-state index >= 15 is 0 Å². The summed E-state index contributed by atoms with van der Waals surface area (Å²) >= 11 is 0. The van der Waals surface area contributed by atoms with E-state index in [1.54, 1.807) is 36.4 Å². The fourth-order valence-corrected chi connectivity index (χ4v) is 3.64. The summed E-state index contributed by atoms with van der Waals surface area (Å²) in [5.74, 6) is -0.190. The maximum atomic E-state index is 12.7. The lowest BCUT2D eigenvalue weighted by Gasteiger charge is -2.11. The van der Waals surface area contributed by atoms with E-state index in [1.807, 2.05) is 6.92 Å². The quantitative estimate of drug-likeness (QED) is 0.710. The highest BCUT2D eigenvalue weighted by atomic mass is 32.2. The molecule has 0 fully saturated rings. The Kier molecular flexibility index (Phi) is 4.41. The van der Waals surface area contributed by atoms with Crippen molar-refractivity contribution in [3.05, 3.63) is 65.5 Å². The molecule has 1 aromatic carbocycles. The lowest BCUT2D eigenvalue weighted by molar-refractivity contribution is 0.0981. The van der Waals surface area contributed by atoms with Gasteiger partial charge in [-0.05, 0) is 24.6 Å². The number of H-pyrrole nitrogens is 1. The topological polar surface area (TPSA) is 110 Å². The van der Waals surface area contributed by atoms with E-state index in [1.165, 1.54) is 18.3 Å². The van der Waals surface area contributed by atoms with Crippen LogP contribution in [0.4, 0.5) is 0 Å². The number of carbonyl (C=O) groups is 1. The first kappa shape index (κ1) is 16.9. The highest BCUT2D eigenvalue weighted by Crippen LogP contribution is 2.20. The molecule has 9 heteroatoms. The summed E-state index contributed by atoms with van der Waals surface area (Å²) in [6, 6.07) is 6.43. The fraction of sp³-hybridized carbons (Fsp3) is 0.188. The van der Waals surface area contributed by atoms with Crippen molar-refractivity contribution in [1.29, 1.82) is 0 Å². The van der Waals surface area contributed by atoms with Crippen LogP contribution in [0.2, 0.25) is 0 Å². The summed E-state index contributed by atoms with van der Waals surface area (Å²) in [5, 5.41) is 4.18. The number of aromatic amines is 1. The highest BCUT2D eigenvalue weighted by molar-refractivity contribution is 7.90. The molecular formula is C16H17N5O3S. The zero-order valence-corrected chi connectivity index (χ0v) is 14.5. The normalized spacial score (nSPS) is 11.4. The van der Waals surface area contributed by atoms with Crippen molar-refractivity contribution in [1.82, 2.24) is 24.5 Å². The second-order valence-corrected chi connectivity index (χ2v) is 7.31. The summed E-state index contributed by atoms with van der Waals surface area (Å²) in [6.45, 7) is 1.87. The standard InChI is InChI=1S/C16H17N5O3S/c1-11-3-4-14(13(7-11)8-15-18-10-21(2)19-15)25(23,24)20-16(22)12-5-6-17-9-12/h3-7,9-10,17H,8H2,1-2H3,(H,20,22). The van der Waals surface area contributed by atoms with Crippen LogP contribution >= 0.6 is 0 Å². The van der Waals surface area contributed by atoms with Crippen molar-refractivity contribution in [3.8, 4) is 0 Å². The first-order valence-electron chi connectivity index (χ1n) is 7.49. The molecule has 0 aliphatic rings.